The standard InChI is InChI=1S/C64H40N2O4/c1-37-52(26-29-56-61(37)48-17-9-11-19-54(48)67-56)65(43-13-5-3-6-14-43)45-23-21-39-33-50-47-25-28-58-63(64(47)70-59(50)35-41(39)31-45)51-34-40-22-24-46(32-42(40)36-60(51)69-58)66(44-15-7-4-8-16-44)53-27-30-57-62(38(53)2)49-18-10-12-20-55(49)68-57/h3-36H,1-2H3. The number of aryl methyl sites for hydroxylation is 2. The first-order chi connectivity index (χ1) is 34.5. The van der Waals surface area contributed by atoms with E-state index in [9.17, 15) is 0 Å². The van der Waals surface area contributed by atoms with E-state index in [1.807, 2.05) is 24.3 Å². The summed E-state index contributed by atoms with van der Waals surface area (Å²) in [5, 5.41) is 13.1. The molecule has 6 nitrogen and oxygen atoms in total. The van der Waals surface area contributed by atoms with E-state index in [2.05, 4.69) is 206 Å². The molecular formula is C64H40N2O4. The van der Waals surface area contributed by atoms with Crippen molar-refractivity contribution in [3.63, 3.8) is 0 Å². The summed E-state index contributed by atoms with van der Waals surface area (Å²) in [6.45, 7) is 4.39. The molecule has 6 heteroatoms. The van der Waals surface area contributed by atoms with Crippen molar-refractivity contribution < 1.29 is 17.7 Å². The highest BCUT2D eigenvalue weighted by Gasteiger charge is 2.23. The second kappa shape index (κ2) is 14.6. The third-order valence-corrected chi connectivity index (χ3v) is 14.5. The van der Waals surface area contributed by atoms with E-state index in [1.54, 1.807) is 0 Å². The first kappa shape index (κ1) is 38.8. The molecule has 0 aliphatic heterocycles. The number of benzene rings is 11. The fraction of sp³-hybridized carbons (Fsp3) is 0.0312. The lowest BCUT2D eigenvalue weighted by Crippen LogP contribution is -2.11. The van der Waals surface area contributed by atoms with Gasteiger partial charge in [-0.2, -0.15) is 0 Å². The van der Waals surface area contributed by atoms with E-state index < -0.39 is 0 Å². The number of para-hydroxylation sites is 4. The van der Waals surface area contributed by atoms with Crippen molar-refractivity contribution in [1.29, 1.82) is 0 Å². The average Bonchev–Trinajstić information content (AvgIpc) is 4.17. The number of anilines is 6. The minimum atomic E-state index is 0.794. The first-order valence-electron chi connectivity index (χ1n) is 23.7. The molecule has 15 aromatic rings. The summed E-state index contributed by atoms with van der Waals surface area (Å²) in [7, 11) is 0. The van der Waals surface area contributed by atoms with Gasteiger partial charge in [-0.15, -0.1) is 0 Å². The molecule has 0 bridgehead atoms. The predicted molar refractivity (Wildman–Crippen MR) is 289 cm³/mol. The van der Waals surface area contributed by atoms with Crippen LogP contribution in [-0.2, 0) is 0 Å². The highest BCUT2D eigenvalue weighted by Crippen LogP contribution is 2.47. The van der Waals surface area contributed by atoms with E-state index in [-0.39, 0.29) is 0 Å². The summed E-state index contributed by atoms with van der Waals surface area (Å²) < 4.78 is 26.2. The Hall–Kier alpha value is -9.26. The largest absolute Gasteiger partial charge is 0.456 e. The monoisotopic (exact) mass is 900 g/mol. The van der Waals surface area contributed by atoms with Gasteiger partial charge in [-0.05, 0) is 168 Å². The number of rotatable bonds is 6. The summed E-state index contributed by atoms with van der Waals surface area (Å²) in [6, 6.07) is 72.8. The van der Waals surface area contributed by atoms with Gasteiger partial charge in [-0.3, -0.25) is 0 Å². The quantitative estimate of drug-likeness (QED) is 0.166. The van der Waals surface area contributed by atoms with Crippen molar-refractivity contribution in [2.24, 2.45) is 0 Å². The van der Waals surface area contributed by atoms with Crippen LogP contribution in [-0.4, -0.2) is 0 Å². The van der Waals surface area contributed by atoms with E-state index in [0.29, 0.717) is 0 Å². The number of furan rings is 4. The molecule has 0 spiro atoms. The molecule has 0 radical (unpaired) electrons. The van der Waals surface area contributed by atoms with Gasteiger partial charge in [0, 0.05) is 71.8 Å². The summed E-state index contributed by atoms with van der Waals surface area (Å²) in [5.74, 6) is 0. The van der Waals surface area contributed by atoms with Crippen molar-refractivity contribution in [3.05, 3.63) is 217 Å². The number of nitrogens with zero attached hydrogens (tertiary/aromatic N) is 2. The first-order valence-corrected chi connectivity index (χ1v) is 23.7. The van der Waals surface area contributed by atoms with Gasteiger partial charge < -0.3 is 27.5 Å². The maximum absolute atomic E-state index is 6.94. The third-order valence-electron chi connectivity index (χ3n) is 14.5. The molecule has 0 saturated carbocycles. The fourth-order valence-corrected chi connectivity index (χ4v) is 11.3. The Morgan fingerprint density at radius 3 is 1.29 bits per heavy atom. The molecule has 0 fully saturated rings. The van der Waals surface area contributed by atoms with Gasteiger partial charge in [0.05, 0.1) is 5.39 Å². The fourth-order valence-electron chi connectivity index (χ4n) is 11.3. The maximum atomic E-state index is 6.94. The molecule has 15 rings (SSSR count). The summed E-state index contributed by atoms with van der Waals surface area (Å²) in [4.78, 5) is 4.68. The van der Waals surface area contributed by atoms with Crippen molar-refractivity contribution in [2.45, 2.75) is 13.8 Å². The summed E-state index contributed by atoms with van der Waals surface area (Å²) in [5.41, 5.74) is 15.6. The van der Waals surface area contributed by atoms with Crippen molar-refractivity contribution in [2.75, 3.05) is 9.80 Å². The molecule has 0 unspecified atom stereocenters. The van der Waals surface area contributed by atoms with Gasteiger partial charge in [0.25, 0.3) is 0 Å². The van der Waals surface area contributed by atoms with Gasteiger partial charge in [0.1, 0.15) is 44.7 Å². The number of hydrogen-bond acceptors (Lipinski definition) is 6. The highest BCUT2D eigenvalue weighted by molar-refractivity contribution is 6.24. The van der Waals surface area contributed by atoms with Crippen LogP contribution < -0.4 is 9.80 Å². The van der Waals surface area contributed by atoms with Gasteiger partial charge in [-0.25, -0.2) is 0 Å². The minimum Gasteiger partial charge on any atom is -0.456 e. The van der Waals surface area contributed by atoms with Crippen molar-refractivity contribution >= 4 is 143 Å². The van der Waals surface area contributed by atoms with E-state index >= 15 is 0 Å². The van der Waals surface area contributed by atoms with E-state index in [0.717, 1.165) is 155 Å². The Labute approximate surface area is 400 Å². The Morgan fingerprint density at radius 2 is 0.729 bits per heavy atom. The van der Waals surface area contributed by atoms with Crippen LogP contribution in [0.15, 0.2) is 224 Å². The van der Waals surface area contributed by atoms with Crippen LogP contribution in [0.1, 0.15) is 11.1 Å². The summed E-state index contributed by atoms with van der Waals surface area (Å²) >= 11 is 0. The molecule has 0 saturated heterocycles. The molecule has 0 aliphatic rings. The molecule has 4 aromatic heterocycles. The predicted octanol–water partition coefficient (Wildman–Crippen LogP) is 19.1. The Morgan fingerprint density at radius 1 is 0.271 bits per heavy atom. The van der Waals surface area contributed by atoms with Crippen LogP contribution in [0.25, 0.3) is 109 Å². The van der Waals surface area contributed by atoms with Crippen LogP contribution >= 0.6 is 0 Å². The minimum absolute atomic E-state index is 0.794. The Balaban J connectivity index is 0.853. The van der Waals surface area contributed by atoms with Crippen LogP contribution in [0.3, 0.4) is 0 Å². The lowest BCUT2D eigenvalue weighted by Gasteiger charge is -2.27. The van der Waals surface area contributed by atoms with Crippen molar-refractivity contribution in [3.8, 4) is 0 Å². The van der Waals surface area contributed by atoms with Gasteiger partial charge >= 0.3 is 0 Å². The number of fused-ring (bicyclic) bond motifs is 15. The zero-order valence-electron chi connectivity index (χ0n) is 38.2. The third kappa shape index (κ3) is 5.68. The van der Waals surface area contributed by atoms with Crippen LogP contribution in [0.2, 0.25) is 0 Å². The molecule has 0 aliphatic carbocycles. The van der Waals surface area contributed by atoms with Crippen LogP contribution in [0.4, 0.5) is 34.1 Å². The van der Waals surface area contributed by atoms with E-state index in [4.69, 9.17) is 17.7 Å². The smallest absolute Gasteiger partial charge is 0.147 e. The van der Waals surface area contributed by atoms with Crippen LogP contribution in [0.5, 0.6) is 0 Å². The Bertz CT molecular complexity index is 4630. The van der Waals surface area contributed by atoms with Crippen LogP contribution in [0, 0.1) is 13.8 Å². The number of hydrogen-bond donors (Lipinski definition) is 0. The van der Waals surface area contributed by atoms with Gasteiger partial charge in [0.15, 0.2) is 0 Å². The molecule has 0 atom stereocenters. The Kier molecular flexibility index (Phi) is 8.10. The zero-order chi connectivity index (χ0) is 46.2. The second-order valence-electron chi connectivity index (χ2n) is 18.5. The molecule has 11 aromatic carbocycles. The SMILES string of the molecule is Cc1c(N(c2ccccc2)c2ccc3cc4c(cc3c2)oc2c4ccc3oc4cc5cc(N(c6ccccc6)c6ccc7oc8ccccc8c7c6C)ccc5cc4c32)ccc2oc3ccccc3c12. The zero-order valence-corrected chi connectivity index (χ0v) is 38.2. The van der Waals surface area contributed by atoms with Crippen molar-refractivity contribution in [1.82, 2.24) is 0 Å². The molecule has 0 amide bonds. The lowest BCUT2D eigenvalue weighted by atomic mass is 10.0. The average molecular weight is 901 g/mol. The van der Waals surface area contributed by atoms with Gasteiger partial charge in [0.2, 0.25) is 0 Å². The van der Waals surface area contributed by atoms with E-state index in [1.165, 1.54) is 0 Å². The molecular weight excluding hydrogens is 861 g/mol. The molecule has 330 valence electrons. The molecule has 0 N–H and O–H groups in total. The summed E-state index contributed by atoms with van der Waals surface area (Å²) in [6.07, 6.45) is 0. The second-order valence-corrected chi connectivity index (χ2v) is 18.5. The van der Waals surface area contributed by atoms with Gasteiger partial charge in [-0.1, -0.05) is 84.9 Å². The maximum Gasteiger partial charge on any atom is 0.147 e. The lowest BCUT2D eigenvalue weighted by molar-refractivity contribution is 0.663. The highest BCUT2D eigenvalue weighted by atomic mass is 16.3. The molecule has 4 heterocycles. The molecule has 70 heavy (non-hydrogen) atoms. The topological polar surface area (TPSA) is 59.0 Å². The normalized spacial score (nSPS) is 12.1.